The highest BCUT2D eigenvalue weighted by Gasteiger charge is 2.35. The summed E-state index contributed by atoms with van der Waals surface area (Å²) in [7, 11) is 0. The highest BCUT2D eigenvalue weighted by atomic mass is 19.4. The summed E-state index contributed by atoms with van der Waals surface area (Å²) in [6.45, 7) is 0. The molecule has 8 nitrogen and oxygen atoms in total. The van der Waals surface area contributed by atoms with Crippen molar-refractivity contribution in [3.05, 3.63) is 263 Å². The van der Waals surface area contributed by atoms with Crippen molar-refractivity contribution < 1.29 is 13.2 Å². The molecule has 13 rings (SSSR count). The topological polar surface area (TPSA) is 153 Å². The number of alkyl halides is 3. The van der Waals surface area contributed by atoms with E-state index >= 15 is 13.2 Å². The minimum atomic E-state index is -4.85. The Morgan fingerprint density at radius 2 is 0.631 bits per heavy atom. The van der Waals surface area contributed by atoms with Gasteiger partial charge in [-0.2, -0.15) is 44.7 Å². The number of halogens is 3. The first-order valence-corrected chi connectivity index (χ1v) is 26.5. The lowest BCUT2D eigenvalue weighted by Crippen LogP contribution is -2.08. The van der Waals surface area contributed by atoms with Crippen LogP contribution in [0.2, 0.25) is 0 Å². The van der Waals surface area contributed by atoms with E-state index in [-0.39, 0.29) is 22.3 Å². The minimum absolute atomic E-state index is 0.151. The Morgan fingerprint density at radius 3 is 0.988 bits per heavy atom. The summed E-state index contributed by atoms with van der Waals surface area (Å²) in [4.78, 5) is 0. The second-order valence-corrected chi connectivity index (χ2v) is 20.3. The normalized spacial score (nSPS) is 11.2. The summed E-state index contributed by atoms with van der Waals surface area (Å²) in [5.74, 6) is 0. The van der Waals surface area contributed by atoms with Gasteiger partial charge in [-0.3, -0.25) is 0 Å². The fraction of sp³-hybridized carbons (Fsp3) is 0.0137. The van der Waals surface area contributed by atoms with Crippen LogP contribution in [-0.4, -0.2) is 9.13 Å². The predicted molar refractivity (Wildman–Crippen MR) is 321 cm³/mol. The number of hydrogen-bond donors (Lipinski definition) is 0. The number of hydrogen-bond acceptors (Lipinski definition) is 6. The smallest absolute Gasteiger partial charge is 0.309 e. The number of nitrogens with zero attached hydrogens (tertiary/aromatic N) is 8. The van der Waals surface area contributed by atoms with E-state index in [1.165, 1.54) is 12.1 Å². The van der Waals surface area contributed by atoms with Gasteiger partial charge in [-0.15, -0.1) is 0 Å². The van der Waals surface area contributed by atoms with E-state index in [0.29, 0.717) is 44.8 Å². The van der Waals surface area contributed by atoms with Crippen LogP contribution in [0.3, 0.4) is 0 Å². The molecule has 0 amide bonds. The van der Waals surface area contributed by atoms with Gasteiger partial charge < -0.3 is 9.13 Å². The summed E-state index contributed by atoms with van der Waals surface area (Å²) >= 11 is 0. The number of aromatic nitrogens is 2. The molecular weight excluding hydrogens is 1050 g/mol. The number of nitriles is 6. The van der Waals surface area contributed by atoms with Crippen molar-refractivity contribution in [3.8, 4) is 115 Å². The fourth-order valence-electron chi connectivity index (χ4n) is 11.5. The monoisotopic (exact) mass is 1080 g/mol. The lowest BCUT2D eigenvalue weighted by molar-refractivity contribution is -0.137. The van der Waals surface area contributed by atoms with E-state index in [0.717, 1.165) is 94.2 Å². The Labute approximate surface area is 479 Å². The van der Waals surface area contributed by atoms with Crippen molar-refractivity contribution in [1.82, 2.24) is 9.13 Å². The molecule has 13 aromatic rings. The molecule has 11 heteroatoms. The molecule has 0 spiro atoms. The van der Waals surface area contributed by atoms with E-state index in [4.69, 9.17) is 0 Å². The van der Waals surface area contributed by atoms with Crippen LogP contribution in [0.5, 0.6) is 0 Å². The molecule has 390 valence electrons. The van der Waals surface area contributed by atoms with E-state index in [2.05, 4.69) is 63.7 Å². The molecule has 0 bridgehead atoms. The maximum atomic E-state index is 15.3. The predicted octanol–water partition coefficient (Wildman–Crippen LogP) is 18.1. The lowest BCUT2D eigenvalue weighted by atomic mass is 9.90. The second kappa shape index (κ2) is 20.4. The Bertz CT molecular complexity index is 4930. The van der Waals surface area contributed by atoms with Crippen LogP contribution in [0.25, 0.3) is 122 Å². The van der Waals surface area contributed by atoms with Gasteiger partial charge in [0.2, 0.25) is 0 Å². The number of rotatable bonds is 8. The van der Waals surface area contributed by atoms with E-state index in [1.54, 1.807) is 78.9 Å². The molecule has 0 N–H and O–H groups in total. The number of benzene rings is 11. The summed E-state index contributed by atoms with van der Waals surface area (Å²) < 4.78 is 50.1. The van der Waals surface area contributed by atoms with Crippen LogP contribution in [-0.2, 0) is 6.18 Å². The molecule has 0 radical (unpaired) electrons. The molecule has 0 aliphatic carbocycles. The van der Waals surface area contributed by atoms with Crippen LogP contribution >= 0.6 is 0 Å². The Hall–Kier alpha value is -12.3. The van der Waals surface area contributed by atoms with Crippen molar-refractivity contribution in [1.29, 1.82) is 31.6 Å². The molecule has 0 saturated carbocycles. The molecule has 0 unspecified atom stereocenters. The maximum Gasteiger partial charge on any atom is 0.417 e. The van der Waals surface area contributed by atoms with Gasteiger partial charge >= 0.3 is 6.18 Å². The Morgan fingerprint density at radius 1 is 0.286 bits per heavy atom. The largest absolute Gasteiger partial charge is 0.417 e. The van der Waals surface area contributed by atoms with Crippen molar-refractivity contribution >= 4 is 43.6 Å². The molecule has 0 aliphatic rings. The first-order chi connectivity index (χ1) is 41.0. The van der Waals surface area contributed by atoms with Crippen molar-refractivity contribution in [2.75, 3.05) is 0 Å². The van der Waals surface area contributed by atoms with Crippen molar-refractivity contribution in [2.24, 2.45) is 0 Å². The summed E-state index contributed by atoms with van der Waals surface area (Å²) in [5.41, 5.74) is 13.3. The molecule has 2 heterocycles. The van der Waals surface area contributed by atoms with E-state index in [1.807, 2.05) is 109 Å². The van der Waals surface area contributed by atoms with Crippen LogP contribution < -0.4 is 0 Å². The zero-order chi connectivity index (χ0) is 57.8. The second-order valence-electron chi connectivity index (χ2n) is 20.3. The maximum absolute atomic E-state index is 15.3. The van der Waals surface area contributed by atoms with Crippen molar-refractivity contribution in [2.45, 2.75) is 6.18 Å². The first-order valence-electron chi connectivity index (χ1n) is 26.5. The van der Waals surface area contributed by atoms with Crippen LogP contribution in [0.1, 0.15) is 38.9 Å². The molecular formula is C73H37F3N8. The Balaban J connectivity index is 1.12. The van der Waals surface area contributed by atoms with Crippen LogP contribution in [0.4, 0.5) is 13.2 Å². The van der Waals surface area contributed by atoms with Gasteiger partial charge in [-0.25, -0.2) is 0 Å². The summed E-state index contributed by atoms with van der Waals surface area (Å²) in [6.07, 6.45) is -4.85. The van der Waals surface area contributed by atoms with Crippen molar-refractivity contribution in [3.63, 3.8) is 0 Å². The quantitative estimate of drug-likeness (QED) is 0.148. The summed E-state index contributed by atoms with van der Waals surface area (Å²) in [5, 5.41) is 63.2. The number of fused-ring (bicyclic) bond motifs is 6. The molecule has 0 aliphatic heterocycles. The van der Waals surface area contributed by atoms with Crippen LogP contribution in [0.15, 0.2) is 224 Å². The first kappa shape index (κ1) is 51.2. The van der Waals surface area contributed by atoms with Gasteiger partial charge in [0, 0.05) is 32.7 Å². The van der Waals surface area contributed by atoms with Crippen LogP contribution in [0, 0.1) is 68.0 Å². The molecule has 2 aromatic heterocycles. The highest BCUT2D eigenvalue weighted by molar-refractivity contribution is 6.14. The summed E-state index contributed by atoms with van der Waals surface area (Å²) in [6, 6.07) is 80.9. The molecule has 0 fully saturated rings. The molecule has 0 saturated heterocycles. The third-order valence-electron chi connectivity index (χ3n) is 15.6. The standard InChI is InChI=1S/C73H37F3N8/c74-73(75,76)65-32-48(42-81)12-26-59(65)57-25-31-70(83-66-27-21-53(49-13-4-44(38-77)5-14-49)33-60(66)61-34-54(22-28-67(61)83)50-15-6-45(39-78)7-16-50)64(37-57)72-58(43-82)2-1-3-71(72)84-68-29-23-55(51-17-8-46(40-79)9-18-51)35-62(68)63-36-56(24-30-69(63)84)52-19-10-47(41-80)11-20-52/h1-37H. The molecule has 11 aromatic carbocycles. The van der Waals surface area contributed by atoms with Gasteiger partial charge in [-0.1, -0.05) is 91.0 Å². The van der Waals surface area contributed by atoms with Gasteiger partial charge in [0.25, 0.3) is 0 Å². The van der Waals surface area contributed by atoms with E-state index in [9.17, 15) is 31.6 Å². The zero-order valence-electron chi connectivity index (χ0n) is 44.1. The van der Waals surface area contributed by atoms with Gasteiger partial charge in [0.15, 0.2) is 0 Å². The average Bonchev–Trinajstić information content (AvgIpc) is 3.18. The van der Waals surface area contributed by atoms with E-state index < -0.39 is 11.7 Å². The highest BCUT2D eigenvalue weighted by Crippen LogP contribution is 2.47. The minimum Gasteiger partial charge on any atom is -0.309 e. The third kappa shape index (κ3) is 8.78. The molecule has 84 heavy (non-hydrogen) atoms. The average molecular weight is 1080 g/mol. The van der Waals surface area contributed by atoms with Gasteiger partial charge in [0.1, 0.15) is 0 Å². The fourth-order valence-corrected chi connectivity index (χ4v) is 11.5. The zero-order valence-corrected chi connectivity index (χ0v) is 44.1. The van der Waals surface area contributed by atoms with Gasteiger partial charge in [-0.05, 0) is 189 Å². The van der Waals surface area contributed by atoms with Gasteiger partial charge in [0.05, 0.1) is 109 Å². The third-order valence-corrected chi connectivity index (χ3v) is 15.6. The Kier molecular flexibility index (Phi) is 12.5. The lowest BCUT2D eigenvalue weighted by Gasteiger charge is -2.21. The molecule has 0 atom stereocenters. The SMILES string of the molecule is N#Cc1ccc(-c2ccc3c(c2)c2cc(-c4ccc(C#N)cc4)ccc2n3-c2ccc(-c3ccc(C#N)cc3C(F)(F)F)cc2-c2c(C#N)cccc2-n2c3ccc(-c4ccc(C#N)cc4)cc3c3cc(-c4ccc(C#N)cc4)ccc32)cc1.